The van der Waals surface area contributed by atoms with Crippen molar-refractivity contribution in [3.63, 3.8) is 0 Å². The van der Waals surface area contributed by atoms with Gasteiger partial charge in [-0.15, -0.1) is 11.3 Å². The number of aliphatic hydroxyl groups excluding tert-OH is 1. The smallest absolute Gasteiger partial charge is 0.294 e. The van der Waals surface area contributed by atoms with Crippen molar-refractivity contribution in [3.05, 3.63) is 111 Å². The highest BCUT2D eigenvalue weighted by Crippen LogP contribution is 2.44. The molecule has 3 aromatic carbocycles. The molecule has 4 aromatic rings. The van der Waals surface area contributed by atoms with E-state index in [-0.39, 0.29) is 11.7 Å². The number of hydrogen-bond acceptors (Lipinski definition) is 6. The van der Waals surface area contributed by atoms with Crippen molar-refractivity contribution in [1.29, 1.82) is 0 Å². The number of ether oxygens (including phenoxy) is 1. The molecule has 1 unspecified atom stereocenters. The van der Waals surface area contributed by atoms with Crippen LogP contribution in [-0.2, 0) is 4.79 Å². The van der Waals surface area contributed by atoms with Crippen molar-refractivity contribution < 1.29 is 19.4 Å². The lowest BCUT2D eigenvalue weighted by atomic mass is 9.94. The highest BCUT2D eigenvalue weighted by atomic mass is 32.1. The number of thiazole rings is 1. The Bertz CT molecular complexity index is 1600. The predicted octanol–water partition coefficient (Wildman–Crippen LogP) is 7.31. The fourth-order valence-corrected chi connectivity index (χ4v) is 5.78. The van der Waals surface area contributed by atoms with Gasteiger partial charge in [-0.25, -0.2) is 4.98 Å². The van der Waals surface area contributed by atoms with E-state index in [4.69, 9.17) is 4.74 Å². The van der Waals surface area contributed by atoms with Gasteiger partial charge >= 0.3 is 0 Å². The lowest BCUT2D eigenvalue weighted by Gasteiger charge is -2.28. The van der Waals surface area contributed by atoms with E-state index in [9.17, 15) is 14.7 Å². The van der Waals surface area contributed by atoms with Crippen molar-refractivity contribution in [1.82, 2.24) is 4.98 Å². The van der Waals surface area contributed by atoms with Crippen molar-refractivity contribution in [2.75, 3.05) is 4.90 Å². The first-order chi connectivity index (χ1) is 18.7. The van der Waals surface area contributed by atoms with Crippen LogP contribution in [0.4, 0.5) is 5.69 Å². The van der Waals surface area contributed by atoms with Gasteiger partial charge in [0.15, 0.2) is 5.76 Å². The first-order valence-corrected chi connectivity index (χ1v) is 13.7. The van der Waals surface area contributed by atoms with E-state index in [1.165, 1.54) is 16.2 Å². The summed E-state index contributed by atoms with van der Waals surface area (Å²) in [6.07, 6.45) is -0.0531. The Kier molecular flexibility index (Phi) is 7.10. The second-order valence-electron chi connectivity index (χ2n) is 9.98. The maximum atomic E-state index is 14.2. The molecule has 0 spiro atoms. The number of aliphatic hydroxyl groups is 1. The molecule has 0 radical (unpaired) electrons. The molecule has 1 amide bonds. The fraction of sp³-hybridized carbons (Fsp3) is 0.219. The highest BCUT2D eigenvalue weighted by molar-refractivity contribution is 7.17. The molecule has 5 rings (SSSR count). The Balaban J connectivity index is 1.65. The minimum Gasteiger partial charge on any atom is -0.503 e. The molecular weight excluding hydrogens is 508 g/mol. The van der Waals surface area contributed by atoms with Crippen LogP contribution >= 0.6 is 11.3 Å². The van der Waals surface area contributed by atoms with Crippen LogP contribution in [-0.4, -0.2) is 27.9 Å². The molecule has 39 heavy (non-hydrogen) atoms. The monoisotopic (exact) mass is 538 g/mol. The zero-order valence-corrected chi connectivity index (χ0v) is 23.4. The lowest BCUT2D eigenvalue weighted by Crippen LogP contribution is -2.31. The molecule has 7 heteroatoms. The van der Waals surface area contributed by atoms with Crippen LogP contribution in [0.25, 0.3) is 10.6 Å². The van der Waals surface area contributed by atoms with Crippen LogP contribution in [0.1, 0.15) is 51.9 Å². The fourth-order valence-electron chi connectivity index (χ4n) is 4.76. The summed E-state index contributed by atoms with van der Waals surface area (Å²) < 4.78 is 5.92. The minimum atomic E-state index is -0.843. The van der Waals surface area contributed by atoms with Gasteiger partial charge in [-0.1, -0.05) is 48.5 Å². The molecular formula is C32H30N2O4S. The van der Waals surface area contributed by atoms with E-state index in [1.54, 1.807) is 6.92 Å². The summed E-state index contributed by atoms with van der Waals surface area (Å²) in [6.45, 7) is 9.61. The Morgan fingerprint density at radius 1 is 0.974 bits per heavy atom. The van der Waals surface area contributed by atoms with Gasteiger partial charge in [0.2, 0.25) is 5.78 Å². The maximum absolute atomic E-state index is 14.2. The molecule has 0 aliphatic carbocycles. The van der Waals surface area contributed by atoms with Crippen molar-refractivity contribution >= 4 is 28.7 Å². The van der Waals surface area contributed by atoms with E-state index in [2.05, 4.69) is 4.98 Å². The molecule has 0 saturated heterocycles. The van der Waals surface area contributed by atoms with Crippen molar-refractivity contribution in [2.24, 2.45) is 0 Å². The number of hydrogen-bond donors (Lipinski definition) is 1. The molecule has 1 aliphatic rings. The normalized spacial score (nSPS) is 15.4. The van der Waals surface area contributed by atoms with Gasteiger partial charge in [0.05, 0.1) is 28.3 Å². The van der Waals surface area contributed by atoms with Crippen LogP contribution in [0, 0.1) is 20.8 Å². The number of aryl methyl sites for hydroxylation is 3. The first-order valence-electron chi connectivity index (χ1n) is 12.8. The lowest BCUT2D eigenvalue weighted by molar-refractivity contribution is -0.117. The van der Waals surface area contributed by atoms with Gasteiger partial charge in [-0.2, -0.15) is 0 Å². The molecule has 6 nitrogen and oxygen atoms in total. The Morgan fingerprint density at radius 3 is 2.41 bits per heavy atom. The van der Waals surface area contributed by atoms with E-state index in [0.29, 0.717) is 32.6 Å². The summed E-state index contributed by atoms with van der Waals surface area (Å²) in [4.78, 5) is 34.3. The van der Waals surface area contributed by atoms with Gasteiger partial charge in [0, 0.05) is 11.3 Å². The Hall–Kier alpha value is -4.23. The van der Waals surface area contributed by atoms with Gasteiger partial charge in [0.1, 0.15) is 10.8 Å². The average molecular weight is 539 g/mol. The number of aromatic nitrogens is 1. The summed E-state index contributed by atoms with van der Waals surface area (Å²) in [5.74, 6) is -0.960. The van der Waals surface area contributed by atoms with Crippen LogP contribution < -0.4 is 9.64 Å². The third kappa shape index (κ3) is 4.98. The largest absolute Gasteiger partial charge is 0.503 e. The second-order valence-corrected chi connectivity index (χ2v) is 11.0. The van der Waals surface area contributed by atoms with Crippen LogP contribution in [0.3, 0.4) is 0 Å². The number of ketones is 1. The van der Waals surface area contributed by atoms with Crippen molar-refractivity contribution in [2.45, 2.75) is 46.8 Å². The molecule has 1 atom stereocenters. The number of carbonyl (C=O) groups excluding carboxylic acids is 2. The number of anilines is 1. The van der Waals surface area contributed by atoms with Crippen molar-refractivity contribution in [3.8, 4) is 16.3 Å². The molecule has 0 fully saturated rings. The van der Waals surface area contributed by atoms with Crippen LogP contribution in [0.2, 0.25) is 0 Å². The van der Waals surface area contributed by atoms with E-state index in [1.807, 2.05) is 100 Å². The van der Waals surface area contributed by atoms with Crippen LogP contribution in [0.5, 0.6) is 5.75 Å². The first kappa shape index (κ1) is 26.4. The molecule has 1 aromatic heterocycles. The van der Waals surface area contributed by atoms with Crippen LogP contribution in [0.15, 0.2) is 84.1 Å². The number of carbonyl (C=O) groups is 2. The third-order valence-corrected chi connectivity index (χ3v) is 8.00. The molecule has 1 aliphatic heterocycles. The standard InChI is InChI=1S/C32H30N2O4S/c1-18(2)38-25-13-9-12-23(17-25)27-26(29(36)32(37)34(27)24-15-14-19(3)20(4)16-24)28(35)30-21(5)33-31(39-30)22-10-7-6-8-11-22/h6-18,27,36H,1-5H3. The average Bonchev–Trinajstić information content (AvgIpc) is 3.43. The van der Waals surface area contributed by atoms with E-state index in [0.717, 1.165) is 16.7 Å². The quantitative estimate of drug-likeness (QED) is 0.250. The molecule has 0 bridgehead atoms. The number of Topliss-reactive ketones (excluding diaryl/α,β-unsaturated/α-hetero) is 1. The summed E-state index contributed by atoms with van der Waals surface area (Å²) >= 11 is 1.26. The zero-order valence-electron chi connectivity index (χ0n) is 22.6. The summed E-state index contributed by atoms with van der Waals surface area (Å²) in [7, 11) is 0. The zero-order chi connectivity index (χ0) is 27.8. The SMILES string of the molecule is Cc1ccc(N2C(=O)C(O)=C(C(=O)c3sc(-c4ccccc4)nc3C)C2c2cccc(OC(C)C)c2)cc1C. The summed E-state index contributed by atoms with van der Waals surface area (Å²) in [5, 5.41) is 11.9. The van der Waals surface area contributed by atoms with Gasteiger partial charge in [0.25, 0.3) is 5.91 Å². The predicted molar refractivity (Wildman–Crippen MR) is 155 cm³/mol. The highest BCUT2D eigenvalue weighted by Gasteiger charge is 2.45. The number of nitrogens with zero attached hydrogens (tertiary/aromatic N) is 2. The van der Waals surface area contributed by atoms with Gasteiger partial charge in [-0.05, 0) is 75.6 Å². The minimum absolute atomic E-state index is 0.0336. The molecule has 0 saturated carbocycles. The Labute approximate surface area is 232 Å². The topological polar surface area (TPSA) is 79.7 Å². The third-order valence-electron chi connectivity index (χ3n) is 6.79. The summed E-state index contributed by atoms with van der Waals surface area (Å²) in [5.41, 5.74) is 4.83. The maximum Gasteiger partial charge on any atom is 0.294 e. The summed E-state index contributed by atoms with van der Waals surface area (Å²) in [6, 6.07) is 21.8. The number of amides is 1. The van der Waals surface area contributed by atoms with Gasteiger partial charge < -0.3 is 9.84 Å². The van der Waals surface area contributed by atoms with E-state index >= 15 is 0 Å². The molecule has 198 valence electrons. The Morgan fingerprint density at radius 2 is 1.72 bits per heavy atom. The second kappa shape index (κ2) is 10.5. The molecule has 2 heterocycles. The molecule has 1 N–H and O–H groups in total. The number of benzene rings is 3. The number of rotatable bonds is 7. The van der Waals surface area contributed by atoms with E-state index < -0.39 is 23.5 Å². The van der Waals surface area contributed by atoms with Gasteiger partial charge in [-0.3, -0.25) is 14.5 Å².